The molecule has 0 aliphatic heterocycles. The summed E-state index contributed by atoms with van der Waals surface area (Å²) < 4.78 is 0. The fraction of sp³-hybridized carbons (Fsp3) is 0.273. The number of primary amides is 1. The van der Waals surface area contributed by atoms with Gasteiger partial charge in [0.05, 0.1) is 6.54 Å². The van der Waals surface area contributed by atoms with Crippen molar-refractivity contribution in [3.05, 3.63) is 29.3 Å². The van der Waals surface area contributed by atoms with Crippen LogP contribution in [0, 0.1) is 6.92 Å². The number of aryl methyl sites for hydroxylation is 1. The van der Waals surface area contributed by atoms with E-state index in [2.05, 4.69) is 5.32 Å². The lowest BCUT2D eigenvalue weighted by Crippen LogP contribution is -2.39. The van der Waals surface area contributed by atoms with Gasteiger partial charge in [-0.15, -0.1) is 0 Å². The predicted molar refractivity (Wildman–Crippen MR) is 60.4 cm³/mol. The first-order chi connectivity index (χ1) is 7.91. The largest absolute Gasteiger partial charge is 0.508 e. The van der Waals surface area contributed by atoms with Gasteiger partial charge in [-0.25, -0.2) is 0 Å². The van der Waals surface area contributed by atoms with Gasteiger partial charge in [0.1, 0.15) is 11.9 Å². The number of nitrogens with one attached hydrogen (secondary N) is 1. The molecule has 0 radical (unpaired) electrons. The number of aliphatic hydroxyl groups excluding tert-OH is 1. The summed E-state index contributed by atoms with van der Waals surface area (Å²) in [5, 5.41) is 20.7. The van der Waals surface area contributed by atoms with Crippen LogP contribution < -0.4 is 11.1 Å². The maximum absolute atomic E-state index is 11.6. The summed E-state index contributed by atoms with van der Waals surface area (Å²) >= 11 is 0. The molecular weight excluding hydrogens is 224 g/mol. The van der Waals surface area contributed by atoms with Gasteiger partial charge < -0.3 is 21.3 Å². The van der Waals surface area contributed by atoms with Crippen molar-refractivity contribution in [3.8, 4) is 5.75 Å². The smallest absolute Gasteiger partial charge is 0.251 e. The summed E-state index contributed by atoms with van der Waals surface area (Å²) in [7, 11) is 0. The summed E-state index contributed by atoms with van der Waals surface area (Å²) in [6.45, 7) is 1.42. The Labute approximate surface area is 98.1 Å². The SMILES string of the molecule is Cc1cc(C(=O)NCC(O)C(N)=O)ccc1O. The molecule has 1 aromatic rings. The quantitative estimate of drug-likeness (QED) is 0.554. The molecule has 92 valence electrons. The van der Waals surface area contributed by atoms with Gasteiger partial charge in [-0.05, 0) is 30.7 Å². The van der Waals surface area contributed by atoms with Crippen molar-refractivity contribution in [1.82, 2.24) is 5.32 Å². The van der Waals surface area contributed by atoms with E-state index in [1.807, 2.05) is 0 Å². The first kappa shape index (κ1) is 13.0. The number of carbonyl (C=O) groups excluding carboxylic acids is 2. The maximum Gasteiger partial charge on any atom is 0.251 e. The summed E-state index contributed by atoms with van der Waals surface area (Å²) in [5.41, 5.74) is 5.73. The molecule has 2 amide bonds. The fourth-order valence-electron chi connectivity index (χ4n) is 1.19. The van der Waals surface area contributed by atoms with Crippen molar-refractivity contribution in [2.24, 2.45) is 5.73 Å². The summed E-state index contributed by atoms with van der Waals surface area (Å²) in [6, 6.07) is 4.34. The van der Waals surface area contributed by atoms with Crippen LogP contribution in [0.3, 0.4) is 0 Å². The van der Waals surface area contributed by atoms with Crippen LogP contribution in [0.2, 0.25) is 0 Å². The van der Waals surface area contributed by atoms with Gasteiger partial charge in [0, 0.05) is 5.56 Å². The number of benzene rings is 1. The molecule has 0 saturated carbocycles. The lowest BCUT2D eigenvalue weighted by atomic mass is 10.1. The minimum absolute atomic E-state index is 0.0960. The van der Waals surface area contributed by atoms with Gasteiger partial charge in [-0.1, -0.05) is 0 Å². The highest BCUT2D eigenvalue weighted by atomic mass is 16.3. The van der Waals surface area contributed by atoms with Gasteiger partial charge in [-0.3, -0.25) is 9.59 Å². The predicted octanol–water partition coefficient (Wildman–Crippen LogP) is -0.723. The monoisotopic (exact) mass is 238 g/mol. The van der Waals surface area contributed by atoms with Crippen molar-refractivity contribution in [2.75, 3.05) is 6.54 Å². The number of carbonyl (C=O) groups is 2. The first-order valence-electron chi connectivity index (χ1n) is 4.97. The van der Waals surface area contributed by atoms with E-state index in [1.165, 1.54) is 18.2 Å². The van der Waals surface area contributed by atoms with Crippen LogP contribution >= 0.6 is 0 Å². The topological polar surface area (TPSA) is 113 Å². The zero-order valence-electron chi connectivity index (χ0n) is 9.30. The molecule has 5 N–H and O–H groups in total. The van der Waals surface area contributed by atoms with Crippen LogP contribution in [-0.2, 0) is 4.79 Å². The molecule has 0 saturated heterocycles. The minimum atomic E-state index is -1.41. The minimum Gasteiger partial charge on any atom is -0.508 e. The molecule has 0 aromatic heterocycles. The number of aromatic hydroxyl groups is 1. The van der Waals surface area contributed by atoms with Crippen LogP contribution in [0.25, 0.3) is 0 Å². The van der Waals surface area contributed by atoms with E-state index < -0.39 is 17.9 Å². The molecule has 6 heteroatoms. The molecular formula is C11H14N2O4. The number of phenols is 1. The van der Waals surface area contributed by atoms with Gasteiger partial charge >= 0.3 is 0 Å². The summed E-state index contributed by atoms with van der Waals surface area (Å²) in [5.74, 6) is -1.25. The van der Waals surface area contributed by atoms with Crippen LogP contribution in [0.4, 0.5) is 0 Å². The molecule has 0 aliphatic rings. The number of hydrogen-bond acceptors (Lipinski definition) is 4. The summed E-state index contributed by atoms with van der Waals surface area (Å²) in [4.78, 5) is 22.1. The van der Waals surface area contributed by atoms with Gasteiger partial charge in [-0.2, -0.15) is 0 Å². The fourth-order valence-corrected chi connectivity index (χ4v) is 1.19. The maximum atomic E-state index is 11.6. The Bertz CT molecular complexity index is 445. The Hall–Kier alpha value is -2.08. The number of phenolic OH excluding ortho intramolecular Hbond substituents is 1. The number of rotatable bonds is 4. The lowest BCUT2D eigenvalue weighted by Gasteiger charge is -2.09. The van der Waals surface area contributed by atoms with Crippen LogP contribution in [0.1, 0.15) is 15.9 Å². The van der Waals surface area contributed by atoms with E-state index >= 15 is 0 Å². The van der Waals surface area contributed by atoms with Crippen LogP contribution in [-0.4, -0.2) is 34.7 Å². The molecule has 1 atom stereocenters. The molecule has 1 rings (SSSR count). The zero-order chi connectivity index (χ0) is 13.0. The third-order valence-corrected chi connectivity index (χ3v) is 2.24. The molecule has 1 unspecified atom stereocenters. The average molecular weight is 238 g/mol. The van der Waals surface area contributed by atoms with Crippen molar-refractivity contribution >= 4 is 11.8 Å². The Morgan fingerprint density at radius 3 is 2.65 bits per heavy atom. The van der Waals surface area contributed by atoms with Crippen LogP contribution in [0.5, 0.6) is 5.75 Å². The normalized spacial score (nSPS) is 11.9. The van der Waals surface area contributed by atoms with E-state index in [1.54, 1.807) is 6.92 Å². The Balaban J connectivity index is 2.64. The molecule has 6 nitrogen and oxygen atoms in total. The average Bonchev–Trinajstić information content (AvgIpc) is 2.28. The highest BCUT2D eigenvalue weighted by Gasteiger charge is 2.13. The van der Waals surface area contributed by atoms with Crippen molar-refractivity contribution in [1.29, 1.82) is 0 Å². The Morgan fingerprint density at radius 1 is 1.47 bits per heavy atom. The second-order valence-corrected chi connectivity index (χ2v) is 3.63. The Kier molecular flexibility index (Phi) is 4.06. The van der Waals surface area contributed by atoms with Crippen molar-refractivity contribution in [2.45, 2.75) is 13.0 Å². The highest BCUT2D eigenvalue weighted by Crippen LogP contribution is 2.16. The third kappa shape index (κ3) is 3.46. The molecule has 0 spiro atoms. The van der Waals surface area contributed by atoms with E-state index in [4.69, 9.17) is 10.8 Å². The molecule has 0 fully saturated rings. The first-order valence-corrected chi connectivity index (χ1v) is 4.97. The zero-order valence-corrected chi connectivity index (χ0v) is 9.30. The van der Waals surface area contributed by atoms with E-state index in [0.717, 1.165) is 0 Å². The molecule has 0 heterocycles. The van der Waals surface area contributed by atoms with E-state index in [9.17, 15) is 14.7 Å². The van der Waals surface area contributed by atoms with Crippen molar-refractivity contribution < 1.29 is 19.8 Å². The number of aliphatic hydroxyl groups is 1. The molecule has 0 bridgehead atoms. The van der Waals surface area contributed by atoms with Crippen LogP contribution in [0.15, 0.2) is 18.2 Å². The van der Waals surface area contributed by atoms with Gasteiger partial charge in [0.25, 0.3) is 5.91 Å². The number of hydrogen-bond donors (Lipinski definition) is 4. The third-order valence-electron chi connectivity index (χ3n) is 2.24. The molecule has 17 heavy (non-hydrogen) atoms. The van der Waals surface area contributed by atoms with Crippen molar-refractivity contribution in [3.63, 3.8) is 0 Å². The lowest BCUT2D eigenvalue weighted by molar-refractivity contribution is -0.125. The van der Waals surface area contributed by atoms with Gasteiger partial charge in [0.15, 0.2) is 0 Å². The standard InChI is InChI=1S/C11H14N2O4/c1-6-4-7(2-3-8(6)14)11(17)13-5-9(15)10(12)16/h2-4,9,14-15H,5H2,1H3,(H2,12,16)(H,13,17). The van der Waals surface area contributed by atoms with E-state index in [0.29, 0.717) is 11.1 Å². The number of amides is 2. The second kappa shape index (κ2) is 5.31. The second-order valence-electron chi connectivity index (χ2n) is 3.63. The highest BCUT2D eigenvalue weighted by molar-refractivity contribution is 5.95. The summed E-state index contributed by atoms with van der Waals surface area (Å²) in [6.07, 6.45) is -1.41. The van der Waals surface area contributed by atoms with E-state index in [-0.39, 0.29) is 12.3 Å². The number of nitrogens with two attached hydrogens (primary N) is 1. The molecule has 0 aliphatic carbocycles. The van der Waals surface area contributed by atoms with Gasteiger partial charge in [0.2, 0.25) is 5.91 Å². The molecule has 1 aromatic carbocycles. The Morgan fingerprint density at radius 2 is 2.12 bits per heavy atom.